The molecule has 2 aromatic heterocycles. The normalized spacial score (nSPS) is 23.1. The van der Waals surface area contributed by atoms with Crippen LogP contribution in [0.5, 0.6) is 0 Å². The summed E-state index contributed by atoms with van der Waals surface area (Å²) >= 11 is 1.51. The quantitative estimate of drug-likeness (QED) is 0.375. The second kappa shape index (κ2) is 11.3. The zero-order valence-electron chi connectivity index (χ0n) is 22.9. The maximum absolute atomic E-state index is 13.7. The number of nitrogens with zero attached hydrogens (tertiary/aromatic N) is 2. The Labute approximate surface area is 228 Å². The summed E-state index contributed by atoms with van der Waals surface area (Å²) in [7, 11) is 0. The lowest BCUT2D eigenvalue weighted by atomic mass is 9.81. The Morgan fingerprint density at radius 2 is 1.92 bits per heavy atom. The number of pyridine rings is 1. The van der Waals surface area contributed by atoms with E-state index in [4.69, 9.17) is 0 Å². The molecule has 0 spiro atoms. The minimum atomic E-state index is -0.665. The van der Waals surface area contributed by atoms with Crippen molar-refractivity contribution in [2.75, 3.05) is 19.3 Å². The predicted molar refractivity (Wildman–Crippen MR) is 153 cm³/mol. The first-order valence-electron chi connectivity index (χ1n) is 13.8. The number of aromatic amines is 1. The number of para-hydroxylation sites is 1. The number of aryl methyl sites for hydroxylation is 1. The van der Waals surface area contributed by atoms with Crippen molar-refractivity contribution < 1.29 is 9.18 Å². The van der Waals surface area contributed by atoms with Crippen LogP contribution in [-0.2, 0) is 6.54 Å². The van der Waals surface area contributed by atoms with Crippen LogP contribution in [0.4, 0.5) is 4.39 Å². The molecular formula is C30H39FN4O2S. The standard InChI is InChI=1S/C30H39FN4O2S/c1-18-15-27(38-4)25(29(36)33-18)16-32-30(37)28-20(3)35(26-8-6-5-7-24(26)28)19(2)21-9-11-23(12-10-21)34-14-13-22(31)17-34/h5-8,15,19,21-23H,9-14,16-17H2,1-4H3,(H,32,37)(H,33,36)/t19-,21?,22?,23?/m1/s1. The van der Waals surface area contributed by atoms with Gasteiger partial charge in [-0.15, -0.1) is 11.8 Å². The van der Waals surface area contributed by atoms with Crippen LogP contribution in [0.15, 0.2) is 40.0 Å². The van der Waals surface area contributed by atoms with E-state index in [0.717, 1.165) is 59.4 Å². The van der Waals surface area contributed by atoms with Gasteiger partial charge in [-0.25, -0.2) is 4.39 Å². The molecule has 38 heavy (non-hydrogen) atoms. The second-order valence-corrected chi connectivity index (χ2v) is 11.9. The molecule has 1 aromatic carbocycles. The van der Waals surface area contributed by atoms with Gasteiger partial charge >= 0.3 is 0 Å². The highest BCUT2D eigenvalue weighted by molar-refractivity contribution is 7.98. The van der Waals surface area contributed by atoms with E-state index in [9.17, 15) is 14.0 Å². The first-order valence-corrected chi connectivity index (χ1v) is 15.0. The molecule has 1 aliphatic carbocycles. The molecule has 2 aliphatic rings. The van der Waals surface area contributed by atoms with Gasteiger partial charge in [0, 0.05) is 64.5 Å². The molecule has 5 rings (SSSR count). The molecule has 0 radical (unpaired) electrons. The molecule has 8 heteroatoms. The van der Waals surface area contributed by atoms with Crippen molar-refractivity contribution in [2.24, 2.45) is 5.92 Å². The number of amides is 1. The number of nitrogens with one attached hydrogen (secondary N) is 2. The van der Waals surface area contributed by atoms with Gasteiger partial charge in [0.25, 0.3) is 11.5 Å². The number of thioether (sulfide) groups is 1. The Morgan fingerprint density at radius 1 is 1.18 bits per heavy atom. The summed E-state index contributed by atoms with van der Waals surface area (Å²) < 4.78 is 16.1. The molecule has 1 saturated heterocycles. The van der Waals surface area contributed by atoms with Crippen molar-refractivity contribution in [1.82, 2.24) is 19.8 Å². The number of halogens is 1. The number of carbonyl (C=O) groups is 1. The largest absolute Gasteiger partial charge is 0.348 e. The maximum Gasteiger partial charge on any atom is 0.254 e. The monoisotopic (exact) mass is 538 g/mol. The number of alkyl halides is 1. The SMILES string of the molecule is CSc1cc(C)[nH]c(=O)c1CNC(=O)c1c(C)n([C@H](C)C2CCC(N3CCC(F)C3)CC2)c2ccccc12. The third kappa shape index (κ3) is 5.17. The van der Waals surface area contributed by atoms with E-state index in [1.165, 1.54) is 11.8 Å². The van der Waals surface area contributed by atoms with E-state index in [0.29, 0.717) is 36.1 Å². The first kappa shape index (κ1) is 27.0. The molecule has 204 valence electrons. The van der Waals surface area contributed by atoms with E-state index in [2.05, 4.69) is 32.8 Å². The van der Waals surface area contributed by atoms with E-state index in [1.807, 2.05) is 44.4 Å². The fraction of sp³-hybridized carbons (Fsp3) is 0.533. The van der Waals surface area contributed by atoms with Crippen LogP contribution in [0.1, 0.15) is 72.4 Å². The number of hydrogen-bond donors (Lipinski definition) is 2. The minimum absolute atomic E-state index is 0.157. The minimum Gasteiger partial charge on any atom is -0.348 e. The predicted octanol–water partition coefficient (Wildman–Crippen LogP) is 5.76. The molecule has 6 nitrogen and oxygen atoms in total. The van der Waals surface area contributed by atoms with Gasteiger partial charge in [0.15, 0.2) is 0 Å². The smallest absolute Gasteiger partial charge is 0.254 e. The van der Waals surface area contributed by atoms with Crippen LogP contribution in [0.3, 0.4) is 0 Å². The van der Waals surface area contributed by atoms with Crippen molar-refractivity contribution in [3.63, 3.8) is 0 Å². The summed E-state index contributed by atoms with van der Waals surface area (Å²) in [6.45, 7) is 7.83. The highest BCUT2D eigenvalue weighted by Gasteiger charge is 2.34. The fourth-order valence-electron chi connectivity index (χ4n) is 6.73. The first-order chi connectivity index (χ1) is 18.3. The lowest BCUT2D eigenvalue weighted by Gasteiger charge is -2.37. The van der Waals surface area contributed by atoms with Crippen LogP contribution in [0, 0.1) is 19.8 Å². The van der Waals surface area contributed by atoms with Gasteiger partial charge < -0.3 is 14.9 Å². The summed E-state index contributed by atoms with van der Waals surface area (Å²) in [5.41, 5.74) is 3.95. The van der Waals surface area contributed by atoms with Gasteiger partial charge in [0.05, 0.1) is 5.56 Å². The third-order valence-corrected chi connectivity index (χ3v) is 9.57. The van der Waals surface area contributed by atoms with Crippen LogP contribution in [-0.4, -0.2) is 51.9 Å². The van der Waals surface area contributed by atoms with Crippen molar-refractivity contribution in [3.05, 3.63) is 63.2 Å². The van der Waals surface area contributed by atoms with E-state index in [-0.39, 0.29) is 24.1 Å². The lowest BCUT2D eigenvalue weighted by molar-refractivity contribution is 0.0950. The van der Waals surface area contributed by atoms with Crippen molar-refractivity contribution >= 4 is 28.6 Å². The highest BCUT2D eigenvalue weighted by Crippen LogP contribution is 2.39. The summed E-state index contributed by atoms with van der Waals surface area (Å²) in [6.07, 6.45) is 6.39. The molecule has 2 fully saturated rings. The molecule has 1 saturated carbocycles. The molecule has 2 atom stereocenters. The topological polar surface area (TPSA) is 70.1 Å². The number of likely N-dealkylation sites (tertiary alicyclic amines) is 1. The summed E-state index contributed by atoms with van der Waals surface area (Å²) in [5, 5.41) is 3.98. The van der Waals surface area contributed by atoms with Gasteiger partial charge in [-0.05, 0) is 77.2 Å². The zero-order chi connectivity index (χ0) is 27.0. The average Bonchev–Trinajstić information content (AvgIpc) is 3.47. The molecule has 1 aliphatic heterocycles. The van der Waals surface area contributed by atoms with Gasteiger partial charge in [0.2, 0.25) is 0 Å². The average molecular weight is 539 g/mol. The number of rotatable bonds is 7. The van der Waals surface area contributed by atoms with Crippen molar-refractivity contribution in [1.29, 1.82) is 0 Å². The van der Waals surface area contributed by atoms with E-state index < -0.39 is 6.17 Å². The Hall–Kier alpha value is -2.58. The molecule has 1 amide bonds. The highest BCUT2D eigenvalue weighted by atomic mass is 32.2. The molecule has 1 unspecified atom stereocenters. The number of carbonyl (C=O) groups excluding carboxylic acids is 1. The zero-order valence-corrected chi connectivity index (χ0v) is 23.7. The van der Waals surface area contributed by atoms with Crippen molar-refractivity contribution in [2.45, 2.75) is 82.6 Å². The Kier molecular flexibility index (Phi) is 8.00. The Bertz CT molecular complexity index is 1370. The maximum atomic E-state index is 13.7. The van der Waals surface area contributed by atoms with Gasteiger partial charge in [0.1, 0.15) is 6.17 Å². The second-order valence-electron chi connectivity index (χ2n) is 11.0. The van der Waals surface area contributed by atoms with Crippen LogP contribution in [0.2, 0.25) is 0 Å². The molecular weight excluding hydrogens is 499 g/mol. The number of hydrogen-bond acceptors (Lipinski definition) is 4. The van der Waals surface area contributed by atoms with Crippen LogP contribution in [0.25, 0.3) is 10.9 Å². The van der Waals surface area contributed by atoms with Gasteiger partial charge in [-0.3, -0.25) is 14.5 Å². The van der Waals surface area contributed by atoms with Gasteiger partial charge in [-0.1, -0.05) is 18.2 Å². The fourth-order valence-corrected chi connectivity index (χ4v) is 7.44. The molecule has 2 N–H and O–H groups in total. The van der Waals surface area contributed by atoms with Crippen LogP contribution < -0.4 is 10.9 Å². The number of benzene rings is 1. The summed E-state index contributed by atoms with van der Waals surface area (Å²) in [6, 6.07) is 10.8. The van der Waals surface area contributed by atoms with Crippen molar-refractivity contribution in [3.8, 4) is 0 Å². The summed E-state index contributed by atoms with van der Waals surface area (Å²) in [5.74, 6) is 0.353. The number of H-pyrrole nitrogens is 1. The van der Waals surface area contributed by atoms with E-state index >= 15 is 0 Å². The lowest BCUT2D eigenvalue weighted by Crippen LogP contribution is -2.38. The van der Waals surface area contributed by atoms with E-state index in [1.54, 1.807) is 0 Å². The Balaban J connectivity index is 1.36. The third-order valence-electron chi connectivity index (χ3n) is 8.77. The molecule has 0 bridgehead atoms. The number of aromatic nitrogens is 2. The molecule has 3 aromatic rings. The number of fused-ring (bicyclic) bond motifs is 1. The van der Waals surface area contributed by atoms with Gasteiger partial charge in [-0.2, -0.15) is 0 Å². The molecule has 3 heterocycles. The van der Waals surface area contributed by atoms with Crippen LogP contribution >= 0.6 is 11.8 Å². The summed E-state index contributed by atoms with van der Waals surface area (Å²) in [4.78, 5) is 32.3. The Morgan fingerprint density at radius 3 is 2.61 bits per heavy atom.